The highest BCUT2D eigenvalue weighted by Crippen LogP contribution is 2.34. The summed E-state index contributed by atoms with van der Waals surface area (Å²) >= 11 is 0. The van der Waals surface area contributed by atoms with Gasteiger partial charge in [0.05, 0.1) is 6.04 Å². The Morgan fingerprint density at radius 1 is 1.24 bits per heavy atom. The molecule has 0 aromatic rings. The molecule has 1 saturated carbocycles. The third-order valence-electron chi connectivity index (χ3n) is 4.24. The summed E-state index contributed by atoms with van der Waals surface area (Å²) in [6, 6.07) is 0.251. The number of hydrogen-bond donors (Lipinski definition) is 2. The van der Waals surface area contributed by atoms with Gasteiger partial charge in [0.25, 0.3) is 0 Å². The van der Waals surface area contributed by atoms with Crippen molar-refractivity contribution in [2.24, 2.45) is 0 Å². The fraction of sp³-hybridized carbons (Fsp3) is 0.929. The lowest BCUT2D eigenvalue weighted by Crippen LogP contribution is -2.58. The molecule has 1 amide bonds. The Hall–Kier alpha value is -0.570. The van der Waals surface area contributed by atoms with Gasteiger partial charge in [-0.1, -0.05) is 20.8 Å². The highest BCUT2D eigenvalue weighted by Gasteiger charge is 2.37. The fourth-order valence-corrected chi connectivity index (χ4v) is 2.55. The van der Waals surface area contributed by atoms with Crippen molar-refractivity contribution in [2.75, 3.05) is 0 Å². The number of carbonyl (C=O) groups is 1. The Morgan fingerprint density at radius 2 is 1.82 bits per heavy atom. The molecule has 0 aliphatic heterocycles. The first-order chi connectivity index (χ1) is 8.06. The molecule has 100 valence electrons. The second-order valence-corrected chi connectivity index (χ2v) is 5.38. The molecule has 0 heterocycles. The highest BCUT2D eigenvalue weighted by molar-refractivity contribution is 5.81. The molecule has 1 atom stereocenters. The maximum absolute atomic E-state index is 12.0. The Bertz CT molecular complexity index is 239. The lowest BCUT2D eigenvalue weighted by molar-refractivity contribution is -0.124. The van der Waals surface area contributed by atoms with Crippen molar-refractivity contribution in [3.8, 4) is 0 Å². The van der Waals surface area contributed by atoms with Gasteiger partial charge in [-0.25, -0.2) is 0 Å². The van der Waals surface area contributed by atoms with Crippen LogP contribution >= 0.6 is 0 Å². The summed E-state index contributed by atoms with van der Waals surface area (Å²) in [4.78, 5) is 12.0. The lowest BCUT2D eigenvalue weighted by atomic mass is 9.74. The van der Waals surface area contributed by atoms with Crippen molar-refractivity contribution in [1.82, 2.24) is 10.6 Å². The second-order valence-electron chi connectivity index (χ2n) is 5.38. The van der Waals surface area contributed by atoms with Crippen LogP contribution in [0.25, 0.3) is 0 Å². The van der Waals surface area contributed by atoms with E-state index in [1.54, 1.807) is 0 Å². The maximum atomic E-state index is 12.0. The molecule has 0 saturated heterocycles. The van der Waals surface area contributed by atoms with Crippen LogP contribution in [0.15, 0.2) is 0 Å². The monoisotopic (exact) mass is 240 g/mol. The quantitative estimate of drug-likeness (QED) is 0.718. The van der Waals surface area contributed by atoms with E-state index in [1.165, 1.54) is 19.3 Å². The van der Waals surface area contributed by atoms with Crippen LogP contribution in [-0.2, 0) is 4.79 Å². The third kappa shape index (κ3) is 3.70. The summed E-state index contributed by atoms with van der Waals surface area (Å²) in [5.74, 6) is 0.151. The lowest BCUT2D eigenvalue weighted by Gasteiger charge is -2.44. The van der Waals surface area contributed by atoms with Crippen LogP contribution in [0.2, 0.25) is 0 Å². The topological polar surface area (TPSA) is 41.1 Å². The van der Waals surface area contributed by atoms with Crippen molar-refractivity contribution >= 4 is 5.91 Å². The van der Waals surface area contributed by atoms with E-state index in [0.717, 1.165) is 19.3 Å². The van der Waals surface area contributed by atoms with Crippen LogP contribution in [0.4, 0.5) is 0 Å². The minimum absolute atomic E-state index is 0.0733. The predicted octanol–water partition coefficient (Wildman–Crippen LogP) is 2.60. The van der Waals surface area contributed by atoms with Gasteiger partial charge < -0.3 is 10.6 Å². The molecule has 1 fully saturated rings. The summed E-state index contributed by atoms with van der Waals surface area (Å²) in [6.07, 6.45) is 6.86. The minimum Gasteiger partial charge on any atom is -0.352 e. The molecular weight excluding hydrogens is 212 g/mol. The largest absolute Gasteiger partial charge is 0.352 e. The summed E-state index contributed by atoms with van der Waals surface area (Å²) < 4.78 is 0. The Morgan fingerprint density at radius 3 is 2.18 bits per heavy atom. The van der Waals surface area contributed by atoms with E-state index >= 15 is 0 Å². The van der Waals surface area contributed by atoms with E-state index in [-0.39, 0.29) is 17.5 Å². The standard InChI is InChI=1S/C14H28N2O/c1-5-12(6-2)15-13(17)11(4)16-14(7-3)9-8-10-14/h11-12,16H,5-10H2,1-4H3,(H,15,17). The molecule has 1 aliphatic carbocycles. The molecule has 3 heteroatoms. The van der Waals surface area contributed by atoms with Gasteiger partial charge in [-0.2, -0.15) is 0 Å². The van der Waals surface area contributed by atoms with Gasteiger partial charge in [-0.05, 0) is 45.4 Å². The Balaban J connectivity index is 2.41. The van der Waals surface area contributed by atoms with Gasteiger partial charge in [-0.15, -0.1) is 0 Å². The first kappa shape index (κ1) is 14.5. The summed E-state index contributed by atoms with van der Waals surface area (Å²) in [7, 11) is 0. The van der Waals surface area contributed by atoms with Crippen molar-refractivity contribution < 1.29 is 4.79 Å². The highest BCUT2D eigenvalue weighted by atomic mass is 16.2. The van der Waals surface area contributed by atoms with E-state index in [2.05, 4.69) is 31.4 Å². The minimum atomic E-state index is -0.0733. The zero-order valence-corrected chi connectivity index (χ0v) is 11.8. The molecule has 3 nitrogen and oxygen atoms in total. The molecule has 2 N–H and O–H groups in total. The van der Waals surface area contributed by atoms with Crippen LogP contribution in [0.1, 0.15) is 66.2 Å². The predicted molar refractivity (Wildman–Crippen MR) is 72.0 cm³/mol. The Labute approximate surface area is 106 Å². The average Bonchev–Trinajstić information content (AvgIpc) is 2.30. The second kappa shape index (κ2) is 6.39. The van der Waals surface area contributed by atoms with Crippen molar-refractivity contribution in [3.63, 3.8) is 0 Å². The molecule has 1 aliphatic rings. The van der Waals surface area contributed by atoms with Gasteiger partial charge >= 0.3 is 0 Å². The average molecular weight is 240 g/mol. The van der Waals surface area contributed by atoms with Crippen LogP contribution in [0, 0.1) is 0 Å². The van der Waals surface area contributed by atoms with Gasteiger partial charge in [0.1, 0.15) is 0 Å². The fourth-order valence-electron chi connectivity index (χ4n) is 2.55. The first-order valence-corrected chi connectivity index (χ1v) is 7.15. The number of carbonyl (C=O) groups excluding carboxylic acids is 1. The van der Waals surface area contributed by atoms with Crippen LogP contribution in [0.5, 0.6) is 0 Å². The number of amides is 1. The van der Waals surface area contributed by atoms with Crippen LogP contribution in [0.3, 0.4) is 0 Å². The molecule has 0 aromatic carbocycles. The van der Waals surface area contributed by atoms with E-state index in [1.807, 2.05) is 6.92 Å². The van der Waals surface area contributed by atoms with E-state index in [9.17, 15) is 4.79 Å². The maximum Gasteiger partial charge on any atom is 0.237 e. The third-order valence-corrected chi connectivity index (χ3v) is 4.24. The first-order valence-electron chi connectivity index (χ1n) is 7.15. The van der Waals surface area contributed by atoms with E-state index in [4.69, 9.17) is 0 Å². The SMILES string of the molecule is CCC(CC)NC(=O)C(C)NC1(CC)CCC1. The Kier molecular flexibility index (Phi) is 5.44. The molecule has 1 rings (SSSR count). The molecule has 1 unspecified atom stereocenters. The number of hydrogen-bond acceptors (Lipinski definition) is 2. The molecule has 0 spiro atoms. The molecule has 17 heavy (non-hydrogen) atoms. The zero-order valence-electron chi connectivity index (χ0n) is 11.8. The van der Waals surface area contributed by atoms with Gasteiger partial charge in [0.2, 0.25) is 5.91 Å². The van der Waals surface area contributed by atoms with Gasteiger partial charge in [0.15, 0.2) is 0 Å². The van der Waals surface area contributed by atoms with E-state index in [0.29, 0.717) is 6.04 Å². The van der Waals surface area contributed by atoms with Gasteiger partial charge in [-0.3, -0.25) is 4.79 Å². The normalized spacial score (nSPS) is 19.8. The smallest absolute Gasteiger partial charge is 0.237 e. The summed E-state index contributed by atoms with van der Waals surface area (Å²) in [5.41, 5.74) is 0.241. The summed E-state index contributed by atoms with van der Waals surface area (Å²) in [5, 5.41) is 6.63. The molecular formula is C14H28N2O. The molecule has 0 bridgehead atoms. The van der Waals surface area contributed by atoms with E-state index < -0.39 is 0 Å². The number of nitrogens with one attached hydrogen (secondary N) is 2. The van der Waals surface area contributed by atoms with Crippen LogP contribution < -0.4 is 10.6 Å². The zero-order chi connectivity index (χ0) is 12.9. The molecule has 0 radical (unpaired) electrons. The van der Waals surface area contributed by atoms with Gasteiger partial charge in [0, 0.05) is 11.6 Å². The summed E-state index contributed by atoms with van der Waals surface area (Å²) in [6.45, 7) is 8.42. The van der Waals surface area contributed by atoms with Crippen molar-refractivity contribution in [1.29, 1.82) is 0 Å². The molecule has 0 aromatic heterocycles. The van der Waals surface area contributed by atoms with Crippen molar-refractivity contribution in [3.05, 3.63) is 0 Å². The van der Waals surface area contributed by atoms with Crippen LogP contribution in [-0.4, -0.2) is 23.5 Å². The number of rotatable bonds is 7. The van der Waals surface area contributed by atoms with Crippen molar-refractivity contribution in [2.45, 2.75) is 83.8 Å².